The molecule has 1 rings (SSSR count). The molecule has 0 saturated carbocycles. The number of likely N-dealkylation sites (tertiary alicyclic amines) is 1. The lowest BCUT2D eigenvalue weighted by atomic mass is 10.1. The average Bonchev–Trinajstić information content (AvgIpc) is 3.10. The Kier molecular flexibility index (Phi) is 9.54. The van der Waals surface area contributed by atoms with E-state index in [1.54, 1.807) is 6.92 Å². The largest absolute Gasteiger partial charge is 0.480 e. The normalized spacial score (nSPS) is 17.2. The molecular weight excluding hydrogens is 382 g/mol. The van der Waals surface area contributed by atoms with Crippen molar-refractivity contribution in [3.05, 3.63) is 10.1 Å². The van der Waals surface area contributed by atoms with Crippen LogP contribution in [0.2, 0.25) is 0 Å². The fourth-order valence-electron chi connectivity index (χ4n) is 2.54. The summed E-state index contributed by atoms with van der Waals surface area (Å²) in [7, 11) is 0. The monoisotopic (exact) mass is 405 g/mol. The van der Waals surface area contributed by atoms with Crippen LogP contribution in [0.5, 0.6) is 0 Å². The van der Waals surface area contributed by atoms with Crippen molar-refractivity contribution in [3.63, 3.8) is 0 Å². The second-order valence-electron chi connectivity index (χ2n) is 6.05. The molecule has 1 aliphatic heterocycles. The number of rotatable bonds is 11. The number of nitrogens with one attached hydrogen (secondary N) is 1. The van der Waals surface area contributed by atoms with Gasteiger partial charge in [0.1, 0.15) is 6.04 Å². The van der Waals surface area contributed by atoms with E-state index in [-0.39, 0.29) is 42.8 Å². The van der Waals surface area contributed by atoms with E-state index < -0.39 is 28.9 Å². The fourth-order valence-corrected chi connectivity index (χ4v) is 3.29. The quantitative estimate of drug-likeness (QED) is 0.276. The Morgan fingerprint density at radius 3 is 2.74 bits per heavy atom. The number of nitrogens with zero attached hydrogens (tertiary/aromatic N) is 2. The summed E-state index contributed by atoms with van der Waals surface area (Å²) in [6.07, 6.45) is 1.21. The van der Waals surface area contributed by atoms with Crippen molar-refractivity contribution in [2.45, 2.75) is 38.6 Å². The van der Waals surface area contributed by atoms with E-state index in [0.29, 0.717) is 19.4 Å². The third-order valence-electron chi connectivity index (χ3n) is 3.91. The van der Waals surface area contributed by atoms with E-state index >= 15 is 0 Å². The molecule has 2 atom stereocenters. The summed E-state index contributed by atoms with van der Waals surface area (Å²) in [6, 6.07) is -0.806. The molecule has 2 amide bonds. The van der Waals surface area contributed by atoms with Crippen LogP contribution >= 0.6 is 11.8 Å². The standard InChI is InChI=1S/C15H23N3O8S/c1-10(14(21)17-6-2-4-11(17)15(22)23)9-27-13(20)8-16-12(19)5-3-7-26-18(24)25/h10-11H,2-9H2,1H3,(H,16,19)(H,22,23)/t10-,11+/m1/s1. The second-order valence-corrected chi connectivity index (χ2v) is 7.13. The molecule has 12 heteroatoms. The third kappa shape index (κ3) is 8.24. The second kappa shape index (κ2) is 11.4. The highest BCUT2D eigenvalue weighted by Crippen LogP contribution is 2.21. The molecule has 0 aliphatic carbocycles. The molecule has 11 nitrogen and oxygen atoms in total. The number of aliphatic carboxylic acids is 1. The number of hydrogen-bond acceptors (Lipinski definition) is 8. The van der Waals surface area contributed by atoms with Crippen molar-refractivity contribution < 1.29 is 34.2 Å². The number of thioether (sulfide) groups is 1. The summed E-state index contributed by atoms with van der Waals surface area (Å²) in [4.78, 5) is 62.1. The molecular formula is C15H23N3O8S. The lowest BCUT2D eigenvalue weighted by molar-refractivity contribution is -0.757. The minimum atomic E-state index is -1.02. The molecule has 0 aromatic rings. The van der Waals surface area contributed by atoms with Crippen molar-refractivity contribution in [3.8, 4) is 0 Å². The van der Waals surface area contributed by atoms with Crippen LogP contribution in [0.25, 0.3) is 0 Å². The number of carbonyl (C=O) groups excluding carboxylic acids is 3. The van der Waals surface area contributed by atoms with Gasteiger partial charge in [-0.1, -0.05) is 18.7 Å². The molecule has 1 saturated heterocycles. The highest BCUT2D eigenvalue weighted by atomic mass is 32.2. The van der Waals surface area contributed by atoms with Crippen LogP contribution in [0.4, 0.5) is 0 Å². The SMILES string of the molecule is C[C@H](CSC(=O)CNC(=O)CCCO[N+](=O)[O-])C(=O)N1CCC[C@H]1C(=O)O. The maximum Gasteiger partial charge on any atom is 0.326 e. The molecule has 27 heavy (non-hydrogen) atoms. The zero-order valence-corrected chi connectivity index (χ0v) is 15.7. The predicted octanol–water partition coefficient (Wildman–Crippen LogP) is 0.0626. The van der Waals surface area contributed by atoms with Gasteiger partial charge in [-0.05, 0) is 19.3 Å². The van der Waals surface area contributed by atoms with Crippen molar-refractivity contribution in [2.24, 2.45) is 5.92 Å². The van der Waals surface area contributed by atoms with E-state index in [2.05, 4.69) is 10.2 Å². The van der Waals surface area contributed by atoms with E-state index in [1.807, 2.05) is 0 Å². The van der Waals surface area contributed by atoms with Gasteiger partial charge >= 0.3 is 5.97 Å². The van der Waals surface area contributed by atoms with Crippen molar-refractivity contribution in [1.82, 2.24) is 10.2 Å². The van der Waals surface area contributed by atoms with Gasteiger partial charge in [-0.3, -0.25) is 14.4 Å². The minimum absolute atomic E-state index is 0.00773. The number of hydrogen-bond donors (Lipinski definition) is 2. The number of carboxylic acid groups (broad SMARTS) is 1. The number of amides is 2. The van der Waals surface area contributed by atoms with Gasteiger partial charge in [0.25, 0.3) is 5.09 Å². The van der Waals surface area contributed by atoms with Crippen LogP contribution in [-0.4, -0.2) is 69.5 Å². The molecule has 0 spiro atoms. The molecule has 152 valence electrons. The molecule has 2 N–H and O–H groups in total. The molecule has 1 fully saturated rings. The summed E-state index contributed by atoms with van der Waals surface area (Å²) >= 11 is 0.893. The first-order valence-electron chi connectivity index (χ1n) is 8.45. The van der Waals surface area contributed by atoms with Crippen LogP contribution in [0.15, 0.2) is 0 Å². The van der Waals surface area contributed by atoms with Gasteiger partial charge in [0.05, 0.1) is 13.2 Å². The Morgan fingerprint density at radius 1 is 1.41 bits per heavy atom. The van der Waals surface area contributed by atoms with Gasteiger partial charge in [-0.2, -0.15) is 0 Å². The smallest absolute Gasteiger partial charge is 0.326 e. The highest BCUT2D eigenvalue weighted by molar-refractivity contribution is 8.13. The zero-order valence-electron chi connectivity index (χ0n) is 14.9. The Balaban J connectivity index is 2.25. The van der Waals surface area contributed by atoms with Gasteiger partial charge in [-0.25, -0.2) is 4.79 Å². The summed E-state index contributed by atoms with van der Waals surface area (Å²) < 4.78 is 0. The average molecular weight is 405 g/mol. The highest BCUT2D eigenvalue weighted by Gasteiger charge is 2.35. The molecule has 1 heterocycles. The summed E-state index contributed by atoms with van der Waals surface area (Å²) in [6.45, 7) is 1.61. The minimum Gasteiger partial charge on any atom is -0.480 e. The number of carbonyl (C=O) groups is 4. The Bertz CT molecular complexity index is 585. The van der Waals surface area contributed by atoms with Crippen LogP contribution in [0.3, 0.4) is 0 Å². The van der Waals surface area contributed by atoms with Crippen molar-refractivity contribution in [1.29, 1.82) is 0 Å². The van der Waals surface area contributed by atoms with Crippen LogP contribution < -0.4 is 5.32 Å². The molecule has 0 radical (unpaired) electrons. The molecule has 1 aliphatic rings. The predicted molar refractivity (Wildman–Crippen MR) is 94.2 cm³/mol. The van der Waals surface area contributed by atoms with Gasteiger partial charge in [0.15, 0.2) is 0 Å². The molecule has 0 aromatic heterocycles. The van der Waals surface area contributed by atoms with E-state index in [1.165, 1.54) is 4.90 Å². The van der Waals surface area contributed by atoms with Gasteiger partial charge in [0, 0.05) is 24.6 Å². The first-order valence-corrected chi connectivity index (χ1v) is 9.43. The Hall–Kier alpha value is -2.37. The van der Waals surface area contributed by atoms with Gasteiger partial charge in [-0.15, -0.1) is 10.1 Å². The molecule has 0 bridgehead atoms. The number of carboxylic acids is 1. The zero-order chi connectivity index (χ0) is 20.4. The van der Waals surface area contributed by atoms with Crippen molar-refractivity contribution >= 4 is 34.7 Å². The first kappa shape index (κ1) is 22.7. The third-order valence-corrected chi connectivity index (χ3v) is 5.04. The topological polar surface area (TPSA) is 156 Å². The maximum atomic E-state index is 12.3. The fraction of sp³-hybridized carbons (Fsp3) is 0.733. The van der Waals surface area contributed by atoms with Gasteiger partial charge in [0.2, 0.25) is 16.9 Å². The van der Waals surface area contributed by atoms with E-state index in [4.69, 9.17) is 5.11 Å². The lowest BCUT2D eigenvalue weighted by Crippen LogP contribution is -2.43. The lowest BCUT2D eigenvalue weighted by Gasteiger charge is -2.24. The Morgan fingerprint density at radius 2 is 2.11 bits per heavy atom. The molecule has 0 aromatic carbocycles. The van der Waals surface area contributed by atoms with Crippen molar-refractivity contribution in [2.75, 3.05) is 25.4 Å². The summed E-state index contributed by atoms with van der Waals surface area (Å²) in [5, 5.41) is 20.2. The maximum absolute atomic E-state index is 12.3. The van der Waals surface area contributed by atoms with Crippen LogP contribution in [-0.2, 0) is 24.0 Å². The summed E-state index contributed by atoms with van der Waals surface area (Å²) in [5.74, 6) is -2.08. The van der Waals surface area contributed by atoms with Crippen LogP contribution in [0, 0.1) is 16.0 Å². The molecule has 0 unspecified atom stereocenters. The van der Waals surface area contributed by atoms with E-state index in [9.17, 15) is 29.3 Å². The Labute approximate surface area is 159 Å². The van der Waals surface area contributed by atoms with Gasteiger partial charge < -0.3 is 20.2 Å². The first-order chi connectivity index (χ1) is 12.7. The van der Waals surface area contributed by atoms with E-state index in [0.717, 1.165) is 11.8 Å². The summed E-state index contributed by atoms with van der Waals surface area (Å²) in [5.41, 5.74) is 0. The van der Waals surface area contributed by atoms with Crippen LogP contribution in [0.1, 0.15) is 32.6 Å².